The second-order valence-electron chi connectivity index (χ2n) is 9.81. The van der Waals surface area contributed by atoms with Gasteiger partial charge in [-0.1, -0.05) is 97.1 Å². The van der Waals surface area contributed by atoms with E-state index in [0.717, 1.165) is 27.4 Å². The first kappa shape index (κ1) is 21.0. The van der Waals surface area contributed by atoms with E-state index >= 15 is 0 Å². The lowest BCUT2D eigenvalue weighted by molar-refractivity contribution is 1.33. The van der Waals surface area contributed by atoms with E-state index in [1.54, 1.807) is 0 Å². The summed E-state index contributed by atoms with van der Waals surface area (Å²) in [6.07, 6.45) is 3.80. The molecule has 0 aliphatic heterocycles. The van der Waals surface area contributed by atoms with Gasteiger partial charge in [-0.3, -0.25) is 4.98 Å². The highest BCUT2D eigenvalue weighted by Gasteiger charge is 2.19. The van der Waals surface area contributed by atoms with Crippen LogP contribution in [0.3, 0.4) is 0 Å². The summed E-state index contributed by atoms with van der Waals surface area (Å²) in [6, 6.07) is 43.4. The molecule has 0 N–H and O–H groups in total. The van der Waals surface area contributed by atoms with E-state index in [4.69, 9.17) is 4.98 Å². The van der Waals surface area contributed by atoms with Crippen molar-refractivity contribution in [2.75, 3.05) is 0 Å². The molecule has 2 nitrogen and oxygen atoms in total. The molecule has 0 saturated heterocycles. The van der Waals surface area contributed by atoms with Crippen molar-refractivity contribution in [1.82, 2.24) is 9.97 Å². The van der Waals surface area contributed by atoms with Crippen LogP contribution in [-0.2, 0) is 0 Å². The van der Waals surface area contributed by atoms with Gasteiger partial charge in [0.1, 0.15) is 0 Å². The lowest BCUT2D eigenvalue weighted by Gasteiger charge is -2.19. The van der Waals surface area contributed by atoms with Gasteiger partial charge in [0.25, 0.3) is 0 Å². The van der Waals surface area contributed by atoms with Crippen LogP contribution >= 0.6 is 0 Å². The van der Waals surface area contributed by atoms with Crippen LogP contribution in [-0.4, -0.2) is 9.97 Å². The van der Waals surface area contributed by atoms with Gasteiger partial charge in [0.15, 0.2) is 0 Å². The van der Waals surface area contributed by atoms with Crippen LogP contribution in [0.15, 0.2) is 134 Å². The number of aromatic nitrogens is 2. The molecule has 0 aliphatic carbocycles. The molecule has 0 aliphatic rings. The van der Waals surface area contributed by atoms with Crippen LogP contribution in [0.4, 0.5) is 0 Å². The van der Waals surface area contributed by atoms with E-state index in [9.17, 15) is 0 Å². The first-order valence-electron chi connectivity index (χ1n) is 12.9. The fourth-order valence-electron chi connectivity index (χ4n) is 6.06. The van der Waals surface area contributed by atoms with Gasteiger partial charge in [0.05, 0.1) is 11.0 Å². The monoisotopic (exact) mass is 482 g/mol. The molecule has 0 saturated carbocycles. The minimum Gasteiger partial charge on any atom is -0.264 e. The second kappa shape index (κ2) is 8.22. The molecule has 0 spiro atoms. The minimum atomic E-state index is 1.02. The number of rotatable bonds is 2. The summed E-state index contributed by atoms with van der Waals surface area (Å²) in [7, 11) is 0. The molecule has 8 rings (SSSR count). The van der Waals surface area contributed by atoms with Gasteiger partial charge in [-0.2, -0.15) is 0 Å². The Balaban J connectivity index is 1.58. The number of hydrogen-bond donors (Lipinski definition) is 0. The van der Waals surface area contributed by atoms with Gasteiger partial charge in [0, 0.05) is 34.1 Å². The molecular weight excluding hydrogens is 460 g/mol. The Hall–Kier alpha value is -5.08. The number of nitrogens with zero attached hydrogens (tertiary/aromatic N) is 2. The molecule has 38 heavy (non-hydrogen) atoms. The summed E-state index contributed by atoms with van der Waals surface area (Å²) in [6.45, 7) is 0. The largest absolute Gasteiger partial charge is 0.264 e. The van der Waals surface area contributed by atoms with E-state index in [2.05, 4.69) is 120 Å². The third kappa shape index (κ3) is 3.07. The lowest BCUT2D eigenvalue weighted by Crippen LogP contribution is -1.93. The maximum atomic E-state index is 5.11. The highest BCUT2D eigenvalue weighted by Crippen LogP contribution is 2.46. The summed E-state index contributed by atoms with van der Waals surface area (Å²) in [5.41, 5.74) is 6.92. The number of benzene rings is 6. The Labute approximate surface area is 219 Å². The zero-order valence-electron chi connectivity index (χ0n) is 20.6. The van der Waals surface area contributed by atoms with Crippen molar-refractivity contribution in [3.05, 3.63) is 134 Å². The smallest absolute Gasteiger partial charge is 0.0788 e. The molecule has 2 heterocycles. The number of fused-ring (bicyclic) bond motifs is 6. The van der Waals surface area contributed by atoms with Crippen LogP contribution in [0.5, 0.6) is 0 Å². The molecule has 0 fully saturated rings. The van der Waals surface area contributed by atoms with Crippen molar-refractivity contribution >= 4 is 54.1 Å². The molecule has 0 unspecified atom stereocenters. The van der Waals surface area contributed by atoms with Crippen molar-refractivity contribution in [1.29, 1.82) is 0 Å². The molecule has 8 aromatic rings. The van der Waals surface area contributed by atoms with Crippen LogP contribution in [0.2, 0.25) is 0 Å². The molecule has 0 amide bonds. The maximum Gasteiger partial charge on any atom is 0.0788 e. The van der Waals surface area contributed by atoms with Crippen molar-refractivity contribution in [2.24, 2.45) is 0 Å². The Bertz CT molecular complexity index is 2120. The maximum absolute atomic E-state index is 5.11. The molecular formula is C36H22N2. The van der Waals surface area contributed by atoms with Gasteiger partial charge in [-0.05, 0) is 67.9 Å². The summed E-state index contributed by atoms with van der Waals surface area (Å²) < 4.78 is 0. The van der Waals surface area contributed by atoms with Crippen molar-refractivity contribution < 1.29 is 0 Å². The quantitative estimate of drug-likeness (QED) is 0.181. The summed E-state index contributed by atoms with van der Waals surface area (Å²) in [5, 5.41) is 9.64. The minimum absolute atomic E-state index is 1.02. The van der Waals surface area contributed by atoms with E-state index in [1.165, 1.54) is 49.0 Å². The van der Waals surface area contributed by atoms with Crippen LogP contribution in [0.25, 0.3) is 76.4 Å². The molecule has 0 bridgehead atoms. The molecule has 0 atom stereocenters. The molecule has 2 aromatic heterocycles. The fourth-order valence-corrected chi connectivity index (χ4v) is 6.06. The zero-order valence-corrected chi connectivity index (χ0v) is 20.6. The number of para-hydroxylation sites is 1. The Morgan fingerprint density at radius 3 is 1.74 bits per heavy atom. The molecule has 6 aromatic carbocycles. The average Bonchev–Trinajstić information content (AvgIpc) is 2.99. The van der Waals surface area contributed by atoms with Crippen molar-refractivity contribution in [2.45, 2.75) is 0 Å². The molecule has 2 heteroatoms. The van der Waals surface area contributed by atoms with Gasteiger partial charge in [0.2, 0.25) is 0 Å². The Morgan fingerprint density at radius 1 is 0.447 bits per heavy atom. The Kier molecular flexibility index (Phi) is 4.55. The van der Waals surface area contributed by atoms with Gasteiger partial charge in [-0.25, -0.2) is 4.98 Å². The second-order valence-corrected chi connectivity index (χ2v) is 9.81. The third-order valence-electron chi connectivity index (χ3n) is 7.68. The average molecular weight is 483 g/mol. The van der Waals surface area contributed by atoms with E-state index in [-0.39, 0.29) is 0 Å². The predicted octanol–water partition coefficient (Wildman–Crippen LogP) is 9.58. The first-order valence-corrected chi connectivity index (χ1v) is 12.9. The first-order chi connectivity index (χ1) is 18.9. The van der Waals surface area contributed by atoms with Gasteiger partial charge < -0.3 is 0 Å². The van der Waals surface area contributed by atoms with Crippen molar-refractivity contribution in [3.63, 3.8) is 0 Å². The standard InChI is InChI=1S/C36H22N2/c1-8-18-33-23(10-1)20-25-21-32(26-12-2-7-17-31(26)36(25)38-33)35-29-15-5-3-13-27(29)34(24-11-9-19-37-22-24)28-14-4-6-16-30(28)35/h1-22H. The summed E-state index contributed by atoms with van der Waals surface area (Å²) >= 11 is 0. The summed E-state index contributed by atoms with van der Waals surface area (Å²) in [5.74, 6) is 0. The zero-order chi connectivity index (χ0) is 25.1. The fraction of sp³-hybridized carbons (Fsp3) is 0. The lowest BCUT2D eigenvalue weighted by atomic mass is 9.84. The number of hydrogen-bond acceptors (Lipinski definition) is 2. The van der Waals surface area contributed by atoms with Gasteiger partial charge >= 0.3 is 0 Å². The highest BCUT2D eigenvalue weighted by molar-refractivity contribution is 6.25. The van der Waals surface area contributed by atoms with E-state index in [0.29, 0.717) is 0 Å². The SMILES string of the molecule is c1cncc(-c2c3ccccc3c(-c3cc4cc5ccccc5nc4c4ccccc34)c3ccccc23)c1. The van der Waals surface area contributed by atoms with Crippen LogP contribution in [0, 0.1) is 0 Å². The molecule has 0 radical (unpaired) electrons. The van der Waals surface area contributed by atoms with Crippen LogP contribution in [0.1, 0.15) is 0 Å². The number of pyridine rings is 2. The molecule has 176 valence electrons. The van der Waals surface area contributed by atoms with Crippen LogP contribution < -0.4 is 0 Å². The Morgan fingerprint density at radius 2 is 1.05 bits per heavy atom. The topological polar surface area (TPSA) is 25.8 Å². The van der Waals surface area contributed by atoms with E-state index in [1.807, 2.05) is 18.5 Å². The third-order valence-corrected chi connectivity index (χ3v) is 7.68. The summed E-state index contributed by atoms with van der Waals surface area (Å²) in [4.78, 5) is 9.56. The van der Waals surface area contributed by atoms with E-state index < -0.39 is 0 Å². The van der Waals surface area contributed by atoms with Gasteiger partial charge in [-0.15, -0.1) is 0 Å². The predicted molar refractivity (Wildman–Crippen MR) is 160 cm³/mol. The van der Waals surface area contributed by atoms with Crippen molar-refractivity contribution in [3.8, 4) is 22.3 Å². The highest BCUT2D eigenvalue weighted by atomic mass is 14.7. The normalized spacial score (nSPS) is 11.7.